The topological polar surface area (TPSA) is 12.0 Å². The van der Waals surface area contributed by atoms with E-state index in [-0.39, 0.29) is 5.16 Å². The Kier molecular flexibility index (Phi) is 2.41. The monoisotopic (exact) mass is 217 g/mol. The standard InChI is InChI=1S/C5H3Cl4N/c6-3-1-2-5(8,9)10-4(3)7/h1-2,10H. The van der Waals surface area contributed by atoms with Crippen molar-refractivity contribution in [2.24, 2.45) is 0 Å². The summed E-state index contributed by atoms with van der Waals surface area (Å²) < 4.78 is -1.13. The predicted molar refractivity (Wildman–Crippen MR) is 45.4 cm³/mol. The summed E-state index contributed by atoms with van der Waals surface area (Å²) in [6.07, 6.45) is 3.05. The number of dihydropyridines is 1. The van der Waals surface area contributed by atoms with Crippen LogP contribution in [0.2, 0.25) is 0 Å². The molecular weight excluding hydrogens is 216 g/mol. The van der Waals surface area contributed by atoms with Crippen molar-refractivity contribution in [1.82, 2.24) is 5.32 Å². The highest BCUT2D eigenvalue weighted by Gasteiger charge is 2.24. The van der Waals surface area contributed by atoms with Crippen LogP contribution in [-0.2, 0) is 0 Å². The van der Waals surface area contributed by atoms with Gasteiger partial charge in [0.25, 0.3) is 0 Å². The van der Waals surface area contributed by atoms with E-state index in [0.717, 1.165) is 0 Å². The van der Waals surface area contributed by atoms with Crippen LogP contribution in [0.1, 0.15) is 0 Å². The second-order valence-corrected chi connectivity index (χ2v) is 3.91. The maximum absolute atomic E-state index is 5.62. The van der Waals surface area contributed by atoms with Gasteiger partial charge in [0.1, 0.15) is 5.16 Å². The molecule has 1 aliphatic rings. The van der Waals surface area contributed by atoms with Gasteiger partial charge < -0.3 is 5.32 Å². The third kappa shape index (κ3) is 1.96. The number of hydrogen-bond donors (Lipinski definition) is 1. The van der Waals surface area contributed by atoms with Gasteiger partial charge in [0.15, 0.2) is 0 Å². The predicted octanol–water partition coefficient (Wildman–Crippen LogP) is 2.92. The summed E-state index contributed by atoms with van der Waals surface area (Å²) in [7, 11) is 0. The average Bonchev–Trinajstić information content (AvgIpc) is 1.79. The summed E-state index contributed by atoms with van der Waals surface area (Å²) in [5, 5.41) is 3.22. The zero-order chi connectivity index (χ0) is 7.78. The first-order valence-corrected chi connectivity index (χ1v) is 3.93. The summed E-state index contributed by atoms with van der Waals surface area (Å²) in [6, 6.07) is 0. The summed E-state index contributed by atoms with van der Waals surface area (Å²) in [4.78, 5) is 0. The van der Waals surface area contributed by atoms with E-state index < -0.39 is 4.46 Å². The third-order valence-electron chi connectivity index (χ3n) is 0.925. The quantitative estimate of drug-likeness (QED) is 0.487. The molecule has 0 aromatic carbocycles. The number of allylic oxidation sites excluding steroid dienone is 2. The lowest BCUT2D eigenvalue weighted by Crippen LogP contribution is -2.31. The van der Waals surface area contributed by atoms with Crippen LogP contribution < -0.4 is 5.32 Å². The minimum absolute atomic E-state index is 0.258. The van der Waals surface area contributed by atoms with E-state index in [1.165, 1.54) is 6.08 Å². The molecule has 1 rings (SSSR count). The summed E-state index contributed by atoms with van der Waals surface area (Å²) in [5.41, 5.74) is 0. The van der Waals surface area contributed by atoms with Gasteiger partial charge in [-0.15, -0.1) is 0 Å². The van der Waals surface area contributed by atoms with Crippen molar-refractivity contribution in [3.05, 3.63) is 22.3 Å². The third-order valence-corrected chi connectivity index (χ3v) is 2.08. The molecule has 1 N–H and O–H groups in total. The van der Waals surface area contributed by atoms with Crippen molar-refractivity contribution in [2.75, 3.05) is 0 Å². The molecule has 0 bridgehead atoms. The van der Waals surface area contributed by atoms with Crippen molar-refractivity contribution in [2.45, 2.75) is 4.46 Å². The van der Waals surface area contributed by atoms with Crippen molar-refractivity contribution in [3.8, 4) is 0 Å². The number of halogens is 4. The second-order valence-electron chi connectivity index (χ2n) is 1.74. The van der Waals surface area contributed by atoms with Crippen molar-refractivity contribution in [1.29, 1.82) is 0 Å². The van der Waals surface area contributed by atoms with Crippen LogP contribution in [0.3, 0.4) is 0 Å². The molecule has 1 nitrogen and oxygen atoms in total. The summed E-state index contributed by atoms with van der Waals surface area (Å²) in [6.45, 7) is 0. The highest BCUT2D eigenvalue weighted by molar-refractivity contribution is 6.51. The number of alkyl halides is 2. The van der Waals surface area contributed by atoms with E-state index in [4.69, 9.17) is 46.4 Å². The number of nitrogens with one attached hydrogen (secondary N) is 1. The van der Waals surface area contributed by atoms with E-state index in [0.29, 0.717) is 5.03 Å². The maximum Gasteiger partial charge on any atom is 0.208 e. The highest BCUT2D eigenvalue weighted by atomic mass is 35.5. The van der Waals surface area contributed by atoms with Gasteiger partial charge in [-0.1, -0.05) is 46.4 Å². The van der Waals surface area contributed by atoms with E-state index >= 15 is 0 Å². The smallest absolute Gasteiger partial charge is 0.208 e. The van der Waals surface area contributed by atoms with Gasteiger partial charge >= 0.3 is 0 Å². The van der Waals surface area contributed by atoms with Crippen LogP contribution in [0, 0.1) is 0 Å². The normalized spacial score (nSPS) is 22.8. The van der Waals surface area contributed by atoms with E-state index in [9.17, 15) is 0 Å². The lowest BCUT2D eigenvalue weighted by atomic mass is 10.4. The van der Waals surface area contributed by atoms with Crippen LogP contribution in [-0.4, -0.2) is 4.46 Å². The molecule has 1 heterocycles. The SMILES string of the molecule is ClC1=C(Cl)NC(Cl)(Cl)C=C1. The van der Waals surface area contributed by atoms with Crippen molar-refractivity contribution < 1.29 is 0 Å². The minimum Gasteiger partial charge on any atom is -0.341 e. The fraction of sp³-hybridized carbons (Fsp3) is 0.200. The van der Waals surface area contributed by atoms with Crippen LogP contribution in [0.4, 0.5) is 0 Å². The number of hydrogen-bond acceptors (Lipinski definition) is 1. The lowest BCUT2D eigenvalue weighted by molar-refractivity contribution is 0.812. The second kappa shape index (κ2) is 2.82. The zero-order valence-corrected chi connectivity index (χ0v) is 7.69. The molecule has 0 fully saturated rings. The Morgan fingerprint density at radius 1 is 1.30 bits per heavy atom. The molecule has 5 heteroatoms. The Hall–Kier alpha value is 0.440. The van der Waals surface area contributed by atoms with E-state index in [1.54, 1.807) is 6.08 Å². The largest absolute Gasteiger partial charge is 0.341 e. The molecular formula is C5H3Cl4N. The van der Waals surface area contributed by atoms with Crippen LogP contribution >= 0.6 is 46.4 Å². The van der Waals surface area contributed by atoms with Crippen molar-refractivity contribution in [3.63, 3.8) is 0 Å². The van der Waals surface area contributed by atoms with E-state index in [1.807, 2.05) is 0 Å². The Balaban J connectivity index is 2.85. The van der Waals surface area contributed by atoms with Gasteiger partial charge in [-0.25, -0.2) is 0 Å². The molecule has 0 radical (unpaired) electrons. The van der Waals surface area contributed by atoms with Crippen molar-refractivity contribution >= 4 is 46.4 Å². The average molecular weight is 219 g/mol. The maximum atomic E-state index is 5.62. The van der Waals surface area contributed by atoms with Gasteiger partial charge in [-0.05, 0) is 12.2 Å². The van der Waals surface area contributed by atoms with Crippen LogP contribution in [0.25, 0.3) is 0 Å². The molecule has 0 aromatic rings. The molecule has 0 saturated carbocycles. The molecule has 56 valence electrons. The Labute approximate surface area is 78.6 Å². The fourth-order valence-corrected chi connectivity index (χ4v) is 1.23. The molecule has 0 saturated heterocycles. The molecule has 0 spiro atoms. The molecule has 0 aromatic heterocycles. The van der Waals surface area contributed by atoms with Gasteiger partial charge in [0.05, 0.1) is 5.03 Å². The highest BCUT2D eigenvalue weighted by Crippen LogP contribution is 2.29. The molecule has 0 unspecified atom stereocenters. The molecule has 0 aliphatic carbocycles. The molecule has 0 atom stereocenters. The molecule has 1 aliphatic heterocycles. The zero-order valence-electron chi connectivity index (χ0n) is 4.67. The molecule has 0 amide bonds. The lowest BCUT2D eigenvalue weighted by Gasteiger charge is -2.21. The minimum atomic E-state index is -1.13. The van der Waals surface area contributed by atoms with Crippen LogP contribution in [0.5, 0.6) is 0 Å². The number of rotatable bonds is 0. The first-order valence-electron chi connectivity index (χ1n) is 2.42. The van der Waals surface area contributed by atoms with E-state index in [2.05, 4.69) is 5.32 Å². The Morgan fingerprint density at radius 3 is 2.30 bits per heavy atom. The molecule has 10 heavy (non-hydrogen) atoms. The van der Waals surface area contributed by atoms with Crippen LogP contribution in [0.15, 0.2) is 22.3 Å². The first kappa shape index (κ1) is 8.54. The van der Waals surface area contributed by atoms with Gasteiger partial charge in [-0.2, -0.15) is 0 Å². The van der Waals surface area contributed by atoms with Gasteiger partial charge in [0, 0.05) is 0 Å². The fourth-order valence-electron chi connectivity index (χ4n) is 0.499. The van der Waals surface area contributed by atoms with Gasteiger partial charge in [0.2, 0.25) is 4.46 Å². The summed E-state index contributed by atoms with van der Waals surface area (Å²) in [5.74, 6) is 0. The summed E-state index contributed by atoms with van der Waals surface area (Å²) >= 11 is 22.4. The Morgan fingerprint density at radius 2 is 1.90 bits per heavy atom. The first-order chi connectivity index (χ1) is 4.51. The Bertz CT molecular complexity index is 206. The van der Waals surface area contributed by atoms with Gasteiger partial charge in [-0.3, -0.25) is 0 Å².